The van der Waals surface area contributed by atoms with Gasteiger partial charge in [0.05, 0.1) is 17.6 Å². The second-order valence-corrected chi connectivity index (χ2v) is 6.58. The molecule has 0 aliphatic carbocycles. The van der Waals surface area contributed by atoms with Crippen LogP contribution in [0.1, 0.15) is 11.3 Å². The summed E-state index contributed by atoms with van der Waals surface area (Å²) in [6.07, 6.45) is 0.645. The number of rotatable bonds is 4. The zero-order valence-corrected chi connectivity index (χ0v) is 16.0. The summed E-state index contributed by atoms with van der Waals surface area (Å²) in [4.78, 5) is 25.0. The Morgan fingerprint density at radius 1 is 1.14 bits per heavy atom. The third-order valence-corrected chi connectivity index (χ3v) is 4.71. The van der Waals surface area contributed by atoms with E-state index in [1.54, 1.807) is 41.5 Å². The molecule has 0 saturated heterocycles. The van der Waals surface area contributed by atoms with Gasteiger partial charge in [0.15, 0.2) is 11.5 Å². The summed E-state index contributed by atoms with van der Waals surface area (Å²) in [5.74, 6) is 0.690. The van der Waals surface area contributed by atoms with Gasteiger partial charge in [-0.1, -0.05) is 30.3 Å². The standard InChI is InChI=1S/C21H20N4O4/c1-14-16(24(2)25(21(14)27)15-8-4-3-5-9-15)12-22-23-20(26)19-13-28-17-10-6-7-11-18(17)29-19/h3-12,19H,13H2,1-2H3,(H,23,26)/b22-12+. The van der Waals surface area contributed by atoms with Crippen LogP contribution in [0.25, 0.3) is 5.69 Å². The van der Waals surface area contributed by atoms with Crippen molar-refractivity contribution < 1.29 is 14.3 Å². The van der Waals surface area contributed by atoms with E-state index in [9.17, 15) is 9.59 Å². The molecule has 0 bridgehead atoms. The first-order valence-electron chi connectivity index (χ1n) is 9.11. The van der Waals surface area contributed by atoms with Crippen molar-refractivity contribution >= 4 is 12.1 Å². The van der Waals surface area contributed by atoms with Crippen molar-refractivity contribution in [2.45, 2.75) is 13.0 Å². The number of aromatic nitrogens is 2. The highest BCUT2D eigenvalue weighted by atomic mass is 16.6. The summed E-state index contributed by atoms with van der Waals surface area (Å²) in [6.45, 7) is 1.82. The molecule has 2 heterocycles. The quantitative estimate of drug-likeness (QED) is 0.542. The van der Waals surface area contributed by atoms with Crippen LogP contribution in [0.3, 0.4) is 0 Å². The Morgan fingerprint density at radius 3 is 2.59 bits per heavy atom. The lowest BCUT2D eigenvalue weighted by atomic mass is 10.2. The first kappa shape index (κ1) is 18.5. The third kappa shape index (κ3) is 3.52. The molecule has 8 heteroatoms. The fraction of sp³-hybridized carbons (Fsp3) is 0.190. The highest BCUT2D eigenvalue weighted by Gasteiger charge is 2.27. The number of carbonyl (C=O) groups is 1. The summed E-state index contributed by atoms with van der Waals surface area (Å²) >= 11 is 0. The second kappa shape index (κ2) is 7.67. The zero-order chi connectivity index (χ0) is 20.4. The number of ether oxygens (including phenoxy) is 2. The molecule has 29 heavy (non-hydrogen) atoms. The molecule has 4 rings (SSSR count). The Labute approximate surface area is 167 Å². The maximum atomic E-state index is 12.6. The lowest BCUT2D eigenvalue weighted by molar-refractivity contribution is -0.130. The van der Waals surface area contributed by atoms with Gasteiger partial charge in [0, 0.05) is 12.6 Å². The number of hydrogen-bond donors (Lipinski definition) is 1. The van der Waals surface area contributed by atoms with Crippen molar-refractivity contribution in [2.75, 3.05) is 6.61 Å². The molecule has 148 valence electrons. The third-order valence-electron chi connectivity index (χ3n) is 4.71. The van der Waals surface area contributed by atoms with Crippen LogP contribution in [0.5, 0.6) is 11.5 Å². The molecule has 3 aromatic rings. The summed E-state index contributed by atoms with van der Waals surface area (Å²) in [5.41, 5.74) is 4.17. The Morgan fingerprint density at radius 2 is 1.83 bits per heavy atom. The van der Waals surface area contributed by atoms with Gasteiger partial charge >= 0.3 is 0 Å². The van der Waals surface area contributed by atoms with Crippen LogP contribution >= 0.6 is 0 Å². The van der Waals surface area contributed by atoms with E-state index in [2.05, 4.69) is 10.5 Å². The van der Waals surface area contributed by atoms with Crippen molar-refractivity contribution in [2.24, 2.45) is 12.1 Å². The molecule has 8 nitrogen and oxygen atoms in total. The Hall–Kier alpha value is -3.81. The molecule has 1 amide bonds. The maximum absolute atomic E-state index is 12.6. The Bertz CT molecular complexity index is 1130. The van der Waals surface area contributed by atoms with Gasteiger partial charge in [0.2, 0.25) is 6.10 Å². The molecule has 0 radical (unpaired) electrons. The molecule has 1 unspecified atom stereocenters. The monoisotopic (exact) mass is 392 g/mol. The van der Waals surface area contributed by atoms with Gasteiger partial charge in [-0.15, -0.1) is 0 Å². The van der Waals surface area contributed by atoms with Crippen molar-refractivity contribution in [1.82, 2.24) is 14.8 Å². The minimum atomic E-state index is -0.805. The van der Waals surface area contributed by atoms with Crippen molar-refractivity contribution in [1.29, 1.82) is 0 Å². The molecule has 1 aromatic heterocycles. The SMILES string of the molecule is Cc1c(/C=N/NC(=O)C2COc3ccccc3O2)n(C)n(-c2ccccc2)c1=O. The number of nitrogens with zero attached hydrogens (tertiary/aromatic N) is 3. The highest BCUT2D eigenvalue weighted by molar-refractivity contribution is 5.84. The number of para-hydroxylation sites is 3. The van der Waals surface area contributed by atoms with E-state index in [-0.39, 0.29) is 12.2 Å². The summed E-state index contributed by atoms with van der Waals surface area (Å²) < 4.78 is 14.4. The van der Waals surface area contributed by atoms with E-state index >= 15 is 0 Å². The van der Waals surface area contributed by atoms with Gasteiger partial charge < -0.3 is 9.47 Å². The predicted octanol–water partition coefficient (Wildman–Crippen LogP) is 1.77. The topological polar surface area (TPSA) is 86.8 Å². The van der Waals surface area contributed by atoms with E-state index in [0.29, 0.717) is 22.8 Å². The first-order valence-corrected chi connectivity index (χ1v) is 9.11. The molecule has 1 aliphatic heterocycles. The normalized spacial score (nSPS) is 15.4. The first-order chi connectivity index (χ1) is 14.1. The number of hydrazone groups is 1. The van der Waals surface area contributed by atoms with Gasteiger partial charge in [-0.05, 0) is 31.2 Å². The number of nitrogens with one attached hydrogen (secondary N) is 1. The summed E-state index contributed by atoms with van der Waals surface area (Å²) in [7, 11) is 1.76. The van der Waals surface area contributed by atoms with E-state index in [1.165, 1.54) is 6.21 Å². The van der Waals surface area contributed by atoms with Crippen molar-refractivity contribution in [3.8, 4) is 17.2 Å². The maximum Gasteiger partial charge on any atom is 0.284 e. The average molecular weight is 392 g/mol. The van der Waals surface area contributed by atoms with Gasteiger partial charge in [-0.2, -0.15) is 5.10 Å². The number of benzene rings is 2. The smallest absolute Gasteiger partial charge is 0.284 e. The lowest BCUT2D eigenvalue weighted by Gasteiger charge is -2.24. The van der Waals surface area contributed by atoms with Gasteiger partial charge in [0.1, 0.15) is 6.61 Å². The van der Waals surface area contributed by atoms with E-state index in [0.717, 1.165) is 5.69 Å². The minimum absolute atomic E-state index is 0.0975. The highest BCUT2D eigenvalue weighted by Crippen LogP contribution is 2.30. The molecule has 0 fully saturated rings. The number of carbonyl (C=O) groups excluding carboxylic acids is 1. The fourth-order valence-corrected chi connectivity index (χ4v) is 3.17. The minimum Gasteiger partial charge on any atom is -0.485 e. The van der Waals surface area contributed by atoms with E-state index in [1.807, 2.05) is 36.4 Å². The van der Waals surface area contributed by atoms with Crippen molar-refractivity contribution in [3.63, 3.8) is 0 Å². The van der Waals surface area contributed by atoms with Gasteiger partial charge in [-0.25, -0.2) is 10.1 Å². The summed E-state index contributed by atoms with van der Waals surface area (Å²) in [6, 6.07) is 16.5. The lowest BCUT2D eigenvalue weighted by Crippen LogP contribution is -2.42. The predicted molar refractivity (Wildman–Crippen MR) is 108 cm³/mol. The second-order valence-electron chi connectivity index (χ2n) is 6.58. The van der Waals surface area contributed by atoms with Crippen LogP contribution in [0, 0.1) is 6.92 Å². The average Bonchev–Trinajstić information content (AvgIpc) is 2.97. The molecular weight excluding hydrogens is 372 g/mol. The number of fused-ring (bicyclic) bond motifs is 1. The molecule has 1 aliphatic rings. The van der Waals surface area contributed by atoms with Crippen LogP contribution in [-0.2, 0) is 11.8 Å². The van der Waals surface area contributed by atoms with Crippen LogP contribution in [0.2, 0.25) is 0 Å². The number of hydrogen-bond acceptors (Lipinski definition) is 5. The fourth-order valence-electron chi connectivity index (χ4n) is 3.17. The molecule has 0 spiro atoms. The van der Waals surface area contributed by atoms with Gasteiger partial charge in [0.25, 0.3) is 11.5 Å². The van der Waals surface area contributed by atoms with E-state index < -0.39 is 12.0 Å². The van der Waals surface area contributed by atoms with E-state index in [4.69, 9.17) is 9.47 Å². The van der Waals surface area contributed by atoms with Crippen LogP contribution in [0.15, 0.2) is 64.5 Å². The van der Waals surface area contributed by atoms with Gasteiger partial charge in [-0.3, -0.25) is 14.3 Å². The molecule has 1 atom stereocenters. The van der Waals surface area contributed by atoms with Crippen LogP contribution in [-0.4, -0.2) is 34.2 Å². The zero-order valence-electron chi connectivity index (χ0n) is 16.0. The summed E-state index contributed by atoms with van der Waals surface area (Å²) in [5, 5.41) is 4.01. The molecule has 0 saturated carbocycles. The van der Waals surface area contributed by atoms with Crippen LogP contribution in [0.4, 0.5) is 0 Å². The number of amides is 1. The Kier molecular flexibility index (Phi) is 4.90. The largest absolute Gasteiger partial charge is 0.485 e. The molecular formula is C21H20N4O4. The Balaban J connectivity index is 1.49. The van der Waals surface area contributed by atoms with Crippen molar-refractivity contribution in [3.05, 3.63) is 76.2 Å². The molecule has 1 N–H and O–H groups in total. The van der Waals surface area contributed by atoms with Crippen LogP contribution < -0.4 is 20.5 Å². The molecule has 2 aromatic carbocycles.